The topological polar surface area (TPSA) is 58.1 Å². The van der Waals surface area contributed by atoms with E-state index in [9.17, 15) is 4.79 Å². The largest absolute Gasteiger partial charge is 0.353 e. The van der Waals surface area contributed by atoms with Gasteiger partial charge in [-0.15, -0.1) is 23.1 Å². The van der Waals surface area contributed by atoms with E-state index in [0.29, 0.717) is 18.8 Å². The van der Waals surface area contributed by atoms with Gasteiger partial charge in [-0.25, -0.2) is 9.97 Å². The molecular formula is C19H20N4OS2. The van der Waals surface area contributed by atoms with Gasteiger partial charge in [0.25, 0.3) is 0 Å². The van der Waals surface area contributed by atoms with Gasteiger partial charge < -0.3 is 10.2 Å². The lowest BCUT2D eigenvalue weighted by Gasteiger charge is -2.28. The molecule has 3 heterocycles. The van der Waals surface area contributed by atoms with Crippen LogP contribution in [0.5, 0.6) is 0 Å². The van der Waals surface area contributed by atoms with Gasteiger partial charge >= 0.3 is 0 Å². The van der Waals surface area contributed by atoms with Crippen molar-refractivity contribution in [3.05, 3.63) is 46.6 Å². The Bertz CT molecular complexity index is 955. The van der Waals surface area contributed by atoms with E-state index in [1.54, 1.807) is 23.1 Å². The fraction of sp³-hybridized carbons (Fsp3) is 0.316. The summed E-state index contributed by atoms with van der Waals surface area (Å²) in [6.45, 7) is 6.01. The molecule has 0 bridgehead atoms. The van der Waals surface area contributed by atoms with Gasteiger partial charge in [-0.05, 0) is 31.5 Å². The fourth-order valence-corrected chi connectivity index (χ4v) is 4.87. The molecule has 1 fully saturated rings. The summed E-state index contributed by atoms with van der Waals surface area (Å²) in [5.41, 5.74) is 1.22. The predicted octanol–water partition coefficient (Wildman–Crippen LogP) is 3.54. The number of thioether (sulfide) groups is 1. The summed E-state index contributed by atoms with van der Waals surface area (Å²) in [7, 11) is 0. The molecule has 1 saturated heterocycles. The van der Waals surface area contributed by atoms with Gasteiger partial charge in [0.15, 0.2) is 0 Å². The number of nitrogens with zero attached hydrogens (tertiary/aromatic N) is 3. The summed E-state index contributed by atoms with van der Waals surface area (Å²) < 4.78 is 0. The Balaban J connectivity index is 1.71. The van der Waals surface area contributed by atoms with Gasteiger partial charge in [0, 0.05) is 22.9 Å². The maximum atomic E-state index is 11.9. The van der Waals surface area contributed by atoms with Crippen LogP contribution in [0.3, 0.4) is 0 Å². The monoisotopic (exact) mass is 384 g/mol. The molecule has 0 saturated carbocycles. The summed E-state index contributed by atoms with van der Waals surface area (Å²) in [6.07, 6.45) is 0. The minimum absolute atomic E-state index is 0.0489. The quantitative estimate of drug-likeness (QED) is 0.697. The van der Waals surface area contributed by atoms with Crippen molar-refractivity contribution in [1.82, 2.24) is 15.3 Å². The van der Waals surface area contributed by atoms with E-state index in [2.05, 4.69) is 36.2 Å². The van der Waals surface area contributed by atoms with Crippen LogP contribution in [0.1, 0.15) is 16.3 Å². The third kappa shape index (κ3) is 3.41. The summed E-state index contributed by atoms with van der Waals surface area (Å²) in [4.78, 5) is 27.1. The van der Waals surface area contributed by atoms with Crippen LogP contribution in [0.25, 0.3) is 10.2 Å². The number of aryl methyl sites for hydroxylation is 2. The molecule has 1 amide bonds. The number of hydrogen-bond donors (Lipinski definition) is 1. The normalized spacial score (nSPS) is 14.7. The number of amides is 1. The van der Waals surface area contributed by atoms with Crippen LogP contribution in [-0.2, 0) is 10.5 Å². The highest BCUT2D eigenvalue weighted by Gasteiger charge is 2.23. The zero-order chi connectivity index (χ0) is 18.1. The number of carbonyl (C=O) groups excluding carboxylic acids is 1. The first-order chi connectivity index (χ1) is 12.6. The van der Waals surface area contributed by atoms with Crippen molar-refractivity contribution in [3.8, 4) is 0 Å². The van der Waals surface area contributed by atoms with E-state index in [1.165, 1.54) is 15.3 Å². The van der Waals surface area contributed by atoms with Gasteiger partial charge in [-0.1, -0.05) is 18.2 Å². The minimum Gasteiger partial charge on any atom is -0.353 e. The molecule has 2 aromatic heterocycles. The number of nitrogens with one attached hydrogen (secondary N) is 1. The molecule has 26 heavy (non-hydrogen) atoms. The van der Waals surface area contributed by atoms with Crippen LogP contribution in [0.15, 0.2) is 35.2 Å². The Labute approximate surface area is 160 Å². The van der Waals surface area contributed by atoms with Gasteiger partial charge in [0.05, 0.1) is 17.7 Å². The number of hydrogen-bond acceptors (Lipinski definition) is 6. The molecule has 0 aliphatic carbocycles. The van der Waals surface area contributed by atoms with E-state index in [4.69, 9.17) is 9.97 Å². The molecule has 4 rings (SSSR count). The van der Waals surface area contributed by atoms with Crippen LogP contribution >= 0.6 is 23.1 Å². The van der Waals surface area contributed by atoms with Crippen molar-refractivity contribution >= 4 is 45.0 Å². The highest BCUT2D eigenvalue weighted by atomic mass is 32.2. The molecule has 0 spiro atoms. The highest BCUT2D eigenvalue weighted by Crippen LogP contribution is 2.36. The Kier molecular flexibility index (Phi) is 4.82. The average molecular weight is 385 g/mol. The molecule has 0 atom stereocenters. The average Bonchev–Trinajstić information content (AvgIpc) is 2.94. The van der Waals surface area contributed by atoms with Crippen LogP contribution in [0.4, 0.5) is 5.82 Å². The minimum atomic E-state index is 0.0489. The van der Waals surface area contributed by atoms with Gasteiger partial charge in [-0.2, -0.15) is 0 Å². The molecule has 0 unspecified atom stereocenters. The Morgan fingerprint density at radius 1 is 1.23 bits per heavy atom. The van der Waals surface area contributed by atoms with Crippen molar-refractivity contribution in [3.63, 3.8) is 0 Å². The molecule has 5 nitrogen and oxygen atoms in total. The third-order valence-corrected chi connectivity index (χ3v) is 6.61. The first-order valence-electron chi connectivity index (χ1n) is 8.58. The first-order valence-corrected chi connectivity index (χ1v) is 10.4. The second-order valence-electron chi connectivity index (χ2n) is 6.30. The number of rotatable bonds is 4. The number of fused-ring (bicyclic) bond motifs is 1. The Morgan fingerprint density at radius 3 is 2.81 bits per heavy atom. The zero-order valence-electron chi connectivity index (χ0n) is 14.8. The Hall–Kier alpha value is -2.12. The van der Waals surface area contributed by atoms with E-state index in [-0.39, 0.29) is 5.91 Å². The molecular weight excluding hydrogens is 364 g/mol. The van der Waals surface area contributed by atoms with E-state index in [0.717, 1.165) is 28.4 Å². The smallest absolute Gasteiger partial charge is 0.239 e. The maximum Gasteiger partial charge on any atom is 0.239 e. The fourth-order valence-electron chi connectivity index (χ4n) is 3.05. The van der Waals surface area contributed by atoms with Crippen LogP contribution in [0, 0.1) is 13.8 Å². The first kappa shape index (κ1) is 17.3. The second kappa shape index (κ2) is 7.25. The SMILES string of the molecule is Cc1sc2nc(CSc3ccccc3)nc(N3CCNC(=O)C3)c2c1C. The molecule has 134 valence electrons. The molecule has 1 aliphatic rings. The summed E-state index contributed by atoms with van der Waals surface area (Å²) in [6, 6.07) is 10.3. The maximum absolute atomic E-state index is 11.9. The zero-order valence-corrected chi connectivity index (χ0v) is 16.4. The molecule has 0 radical (unpaired) electrons. The summed E-state index contributed by atoms with van der Waals surface area (Å²) >= 11 is 3.44. The lowest BCUT2D eigenvalue weighted by Crippen LogP contribution is -2.48. The van der Waals surface area contributed by atoms with E-state index in [1.807, 2.05) is 18.2 Å². The Morgan fingerprint density at radius 2 is 2.04 bits per heavy atom. The molecule has 1 N–H and O–H groups in total. The standard InChI is InChI=1S/C19H20N4OS2/c1-12-13(2)26-19-17(12)18(23-9-8-20-16(24)10-23)21-15(22-19)11-25-14-6-4-3-5-7-14/h3-7H,8-11H2,1-2H3,(H,20,24). The van der Waals surface area contributed by atoms with E-state index < -0.39 is 0 Å². The lowest BCUT2D eigenvalue weighted by atomic mass is 10.2. The predicted molar refractivity (Wildman–Crippen MR) is 108 cm³/mol. The third-order valence-electron chi connectivity index (χ3n) is 4.50. The number of piperazine rings is 1. The van der Waals surface area contributed by atoms with Crippen molar-refractivity contribution in [2.45, 2.75) is 24.5 Å². The van der Waals surface area contributed by atoms with Crippen LogP contribution in [-0.4, -0.2) is 35.5 Å². The number of aromatic nitrogens is 2. The number of carbonyl (C=O) groups is 1. The number of benzene rings is 1. The summed E-state index contributed by atoms with van der Waals surface area (Å²) in [5, 5.41) is 3.98. The van der Waals surface area contributed by atoms with Gasteiger partial charge in [0.1, 0.15) is 16.5 Å². The van der Waals surface area contributed by atoms with Crippen molar-refractivity contribution in [1.29, 1.82) is 0 Å². The number of anilines is 1. The summed E-state index contributed by atoms with van der Waals surface area (Å²) in [5.74, 6) is 2.47. The molecule has 1 aromatic carbocycles. The lowest BCUT2D eigenvalue weighted by molar-refractivity contribution is -0.120. The molecule has 3 aromatic rings. The number of thiophene rings is 1. The van der Waals surface area contributed by atoms with Crippen molar-refractivity contribution in [2.75, 3.05) is 24.5 Å². The van der Waals surface area contributed by atoms with Gasteiger partial charge in [-0.3, -0.25) is 4.79 Å². The van der Waals surface area contributed by atoms with Crippen molar-refractivity contribution in [2.24, 2.45) is 0 Å². The molecule has 1 aliphatic heterocycles. The van der Waals surface area contributed by atoms with Crippen LogP contribution < -0.4 is 10.2 Å². The van der Waals surface area contributed by atoms with E-state index >= 15 is 0 Å². The van der Waals surface area contributed by atoms with Crippen LogP contribution in [0.2, 0.25) is 0 Å². The van der Waals surface area contributed by atoms with Crippen molar-refractivity contribution < 1.29 is 4.79 Å². The van der Waals surface area contributed by atoms with Gasteiger partial charge in [0.2, 0.25) is 5.91 Å². The highest BCUT2D eigenvalue weighted by molar-refractivity contribution is 7.98. The molecule has 7 heteroatoms. The second-order valence-corrected chi connectivity index (χ2v) is 8.55.